The predicted molar refractivity (Wildman–Crippen MR) is 221 cm³/mol. The third-order valence-corrected chi connectivity index (χ3v) is 10.2. The Hall–Kier alpha value is -7.10. The standard InChI is InChI=1S/C50H33N3/c1-3-13-35(14-4-1)46-33-47(52-50(51-46)37-15-5-2-6-16-37)36-27-25-34(26-28-36)42-22-12-18-40-31-39(29-30-43(40)42)38-17-11-19-41(32-38)53-48-23-9-7-20-44(48)45-21-8-10-24-49(45)53/h1-33H. The van der Waals surface area contributed by atoms with Gasteiger partial charge in [-0.05, 0) is 69.4 Å². The van der Waals surface area contributed by atoms with Crippen molar-refractivity contribution in [2.75, 3.05) is 0 Å². The molecule has 10 aromatic rings. The molecule has 0 radical (unpaired) electrons. The summed E-state index contributed by atoms with van der Waals surface area (Å²) < 4.78 is 2.38. The van der Waals surface area contributed by atoms with Gasteiger partial charge in [-0.1, -0.05) is 164 Å². The van der Waals surface area contributed by atoms with Crippen molar-refractivity contribution in [2.45, 2.75) is 0 Å². The average Bonchev–Trinajstić information content (AvgIpc) is 3.58. The van der Waals surface area contributed by atoms with Crippen molar-refractivity contribution < 1.29 is 0 Å². The lowest BCUT2D eigenvalue weighted by Crippen LogP contribution is -1.95. The monoisotopic (exact) mass is 675 g/mol. The van der Waals surface area contributed by atoms with Crippen molar-refractivity contribution in [1.82, 2.24) is 14.5 Å². The van der Waals surface area contributed by atoms with Crippen LogP contribution >= 0.6 is 0 Å². The Labute approximate surface area is 308 Å². The van der Waals surface area contributed by atoms with Crippen LogP contribution in [0.25, 0.3) is 94.4 Å². The molecule has 0 saturated heterocycles. The third-order valence-electron chi connectivity index (χ3n) is 10.2. The average molecular weight is 676 g/mol. The molecule has 3 heteroatoms. The molecule has 248 valence electrons. The van der Waals surface area contributed by atoms with E-state index in [4.69, 9.17) is 9.97 Å². The van der Waals surface area contributed by atoms with E-state index in [1.165, 1.54) is 54.8 Å². The summed E-state index contributed by atoms with van der Waals surface area (Å²) >= 11 is 0. The molecule has 0 fully saturated rings. The predicted octanol–water partition coefficient (Wildman–Crippen LogP) is 13.1. The molecule has 0 aliphatic rings. The molecule has 0 aliphatic heterocycles. The van der Waals surface area contributed by atoms with E-state index >= 15 is 0 Å². The molecule has 0 atom stereocenters. The first-order chi connectivity index (χ1) is 26.3. The van der Waals surface area contributed by atoms with Crippen LogP contribution in [0.1, 0.15) is 0 Å². The second-order valence-corrected chi connectivity index (χ2v) is 13.4. The summed E-state index contributed by atoms with van der Waals surface area (Å²) in [6, 6.07) is 71.0. The summed E-state index contributed by atoms with van der Waals surface area (Å²) in [6.07, 6.45) is 0. The van der Waals surface area contributed by atoms with Crippen LogP contribution in [-0.4, -0.2) is 14.5 Å². The molecule has 0 aliphatic carbocycles. The van der Waals surface area contributed by atoms with Gasteiger partial charge in [0.05, 0.1) is 22.4 Å². The molecule has 0 saturated carbocycles. The Kier molecular flexibility index (Phi) is 7.47. The molecule has 2 aromatic heterocycles. The number of hydrogen-bond acceptors (Lipinski definition) is 2. The molecule has 3 nitrogen and oxygen atoms in total. The molecule has 0 spiro atoms. The smallest absolute Gasteiger partial charge is 0.160 e. The SMILES string of the molecule is c1ccc(-c2cc(-c3ccc(-c4cccc5cc(-c6cccc(-n7c8ccccc8c8ccccc87)c6)ccc45)cc3)nc(-c3ccccc3)n2)cc1. The van der Waals surface area contributed by atoms with E-state index in [-0.39, 0.29) is 0 Å². The van der Waals surface area contributed by atoms with Gasteiger partial charge in [-0.15, -0.1) is 0 Å². The highest BCUT2D eigenvalue weighted by Gasteiger charge is 2.14. The van der Waals surface area contributed by atoms with Gasteiger partial charge in [0.25, 0.3) is 0 Å². The maximum absolute atomic E-state index is 5.03. The van der Waals surface area contributed by atoms with Crippen LogP contribution in [0, 0.1) is 0 Å². The van der Waals surface area contributed by atoms with Crippen LogP contribution in [0.2, 0.25) is 0 Å². The fraction of sp³-hybridized carbons (Fsp3) is 0. The third kappa shape index (κ3) is 5.56. The van der Waals surface area contributed by atoms with Gasteiger partial charge < -0.3 is 4.57 Å². The highest BCUT2D eigenvalue weighted by atomic mass is 15.0. The van der Waals surface area contributed by atoms with E-state index in [0.717, 1.165) is 39.6 Å². The molecule has 2 heterocycles. The maximum Gasteiger partial charge on any atom is 0.160 e. The lowest BCUT2D eigenvalue weighted by atomic mass is 9.94. The van der Waals surface area contributed by atoms with Crippen molar-refractivity contribution in [3.05, 3.63) is 200 Å². The Morgan fingerprint density at radius 1 is 0.321 bits per heavy atom. The molecule has 10 rings (SSSR count). The van der Waals surface area contributed by atoms with Gasteiger partial charge in [-0.3, -0.25) is 0 Å². The first kappa shape index (κ1) is 30.7. The number of nitrogens with zero attached hydrogens (tertiary/aromatic N) is 3. The molecular formula is C50H33N3. The lowest BCUT2D eigenvalue weighted by molar-refractivity contribution is 1.18. The van der Waals surface area contributed by atoms with Crippen LogP contribution in [0.4, 0.5) is 0 Å². The minimum Gasteiger partial charge on any atom is -0.309 e. The summed E-state index contributed by atoms with van der Waals surface area (Å²) in [7, 11) is 0. The largest absolute Gasteiger partial charge is 0.309 e. The Balaban J connectivity index is 1.00. The van der Waals surface area contributed by atoms with Crippen LogP contribution < -0.4 is 0 Å². The lowest BCUT2D eigenvalue weighted by Gasteiger charge is -2.13. The number of fused-ring (bicyclic) bond motifs is 4. The van der Waals surface area contributed by atoms with E-state index < -0.39 is 0 Å². The van der Waals surface area contributed by atoms with Gasteiger partial charge in [-0.25, -0.2) is 9.97 Å². The Bertz CT molecular complexity index is 2810. The van der Waals surface area contributed by atoms with Crippen molar-refractivity contribution >= 4 is 32.6 Å². The molecule has 8 aromatic carbocycles. The van der Waals surface area contributed by atoms with Gasteiger partial charge in [0.15, 0.2) is 5.82 Å². The Morgan fingerprint density at radius 2 is 0.849 bits per heavy atom. The zero-order valence-electron chi connectivity index (χ0n) is 28.9. The fourth-order valence-electron chi connectivity index (χ4n) is 7.63. The van der Waals surface area contributed by atoms with Gasteiger partial charge in [0.2, 0.25) is 0 Å². The Morgan fingerprint density at radius 3 is 1.55 bits per heavy atom. The number of rotatable bonds is 6. The minimum absolute atomic E-state index is 0.719. The number of hydrogen-bond donors (Lipinski definition) is 0. The zero-order valence-corrected chi connectivity index (χ0v) is 28.9. The summed E-state index contributed by atoms with van der Waals surface area (Å²) in [4.78, 5) is 9.99. The summed E-state index contributed by atoms with van der Waals surface area (Å²) in [5, 5.41) is 4.97. The minimum atomic E-state index is 0.719. The second kappa shape index (κ2) is 12.9. The maximum atomic E-state index is 5.03. The summed E-state index contributed by atoms with van der Waals surface area (Å²) in [5.41, 5.74) is 13.3. The van der Waals surface area contributed by atoms with E-state index in [0.29, 0.717) is 0 Å². The topological polar surface area (TPSA) is 30.7 Å². The summed E-state index contributed by atoms with van der Waals surface area (Å²) in [5.74, 6) is 0.719. The first-order valence-corrected chi connectivity index (χ1v) is 18.0. The quantitative estimate of drug-likeness (QED) is 0.176. The van der Waals surface area contributed by atoms with Crippen molar-refractivity contribution in [3.63, 3.8) is 0 Å². The molecule has 0 bridgehead atoms. The van der Waals surface area contributed by atoms with Crippen LogP contribution in [0.3, 0.4) is 0 Å². The fourth-order valence-corrected chi connectivity index (χ4v) is 7.63. The van der Waals surface area contributed by atoms with E-state index in [1.54, 1.807) is 0 Å². The second-order valence-electron chi connectivity index (χ2n) is 13.4. The zero-order chi connectivity index (χ0) is 35.1. The normalized spacial score (nSPS) is 11.4. The van der Waals surface area contributed by atoms with Crippen LogP contribution in [-0.2, 0) is 0 Å². The van der Waals surface area contributed by atoms with Gasteiger partial charge in [-0.2, -0.15) is 0 Å². The van der Waals surface area contributed by atoms with Gasteiger partial charge in [0, 0.05) is 33.2 Å². The number of benzene rings is 8. The van der Waals surface area contributed by atoms with Crippen molar-refractivity contribution in [2.24, 2.45) is 0 Å². The van der Waals surface area contributed by atoms with E-state index in [9.17, 15) is 0 Å². The molecule has 53 heavy (non-hydrogen) atoms. The summed E-state index contributed by atoms with van der Waals surface area (Å²) in [6.45, 7) is 0. The van der Waals surface area contributed by atoms with Crippen molar-refractivity contribution in [1.29, 1.82) is 0 Å². The highest BCUT2D eigenvalue weighted by molar-refractivity contribution is 6.09. The van der Waals surface area contributed by atoms with Gasteiger partial charge >= 0.3 is 0 Å². The number of aromatic nitrogens is 3. The molecule has 0 N–H and O–H groups in total. The number of para-hydroxylation sites is 2. The highest BCUT2D eigenvalue weighted by Crippen LogP contribution is 2.36. The molecular weight excluding hydrogens is 643 g/mol. The van der Waals surface area contributed by atoms with Gasteiger partial charge in [0.1, 0.15) is 0 Å². The van der Waals surface area contributed by atoms with Crippen LogP contribution in [0.5, 0.6) is 0 Å². The van der Waals surface area contributed by atoms with Crippen molar-refractivity contribution in [3.8, 4) is 61.8 Å². The molecule has 0 unspecified atom stereocenters. The van der Waals surface area contributed by atoms with Crippen LogP contribution in [0.15, 0.2) is 200 Å². The molecule has 0 amide bonds. The first-order valence-electron chi connectivity index (χ1n) is 18.0. The van der Waals surface area contributed by atoms with E-state index in [1.807, 2.05) is 36.4 Å². The van der Waals surface area contributed by atoms with E-state index in [2.05, 4.69) is 168 Å².